The summed E-state index contributed by atoms with van der Waals surface area (Å²) in [4.78, 5) is 11.9. The average Bonchev–Trinajstić information content (AvgIpc) is 2.15. The molecule has 0 radical (unpaired) electrons. The first kappa shape index (κ1) is 11.9. The van der Waals surface area contributed by atoms with Crippen LogP contribution in [-0.2, 0) is 0 Å². The van der Waals surface area contributed by atoms with Gasteiger partial charge in [-0.05, 0) is 24.1 Å². The summed E-state index contributed by atoms with van der Waals surface area (Å²) in [5.41, 5.74) is 12.1. The van der Waals surface area contributed by atoms with Gasteiger partial charge in [-0.3, -0.25) is 4.79 Å². The number of primary amides is 1. The minimum atomic E-state index is -0.442. The van der Waals surface area contributed by atoms with E-state index >= 15 is 0 Å². The van der Waals surface area contributed by atoms with Gasteiger partial charge in [-0.2, -0.15) is 0 Å². The molecule has 0 aromatic heterocycles. The lowest BCUT2D eigenvalue weighted by molar-refractivity contribution is 0.100. The molecule has 3 nitrogen and oxygen atoms in total. The summed E-state index contributed by atoms with van der Waals surface area (Å²) >= 11 is 1.70. The first-order valence-corrected chi connectivity index (χ1v) is 5.81. The van der Waals surface area contributed by atoms with Crippen molar-refractivity contribution >= 4 is 23.4 Å². The maximum atomic E-state index is 10.9. The van der Waals surface area contributed by atoms with Crippen molar-refractivity contribution in [1.29, 1.82) is 0 Å². The normalized spacial score (nSPS) is 10.6. The molecule has 0 saturated carbocycles. The van der Waals surface area contributed by atoms with Crippen molar-refractivity contribution in [3.63, 3.8) is 0 Å². The first-order chi connectivity index (χ1) is 7.00. The van der Waals surface area contributed by atoms with Crippen LogP contribution in [0.3, 0.4) is 0 Å². The average molecular weight is 224 g/mol. The Labute approximate surface area is 94.2 Å². The van der Waals surface area contributed by atoms with Crippen LogP contribution in [0.4, 0.5) is 5.69 Å². The minimum absolute atomic E-state index is 0.442. The highest BCUT2D eigenvalue weighted by atomic mass is 32.2. The molecule has 0 saturated heterocycles. The zero-order valence-corrected chi connectivity index (χ0v) is 9.80. The molecule has 1 aromatic carbocycles. The lowest BCUT2D eigenvalue weighted by atomic mass is 10.2. The fourth-order valence-electron chi connectivity index (χ4n) is 1.09. The molecular formula is C11H16N2OS. The zero-order chi connectivity index (χ0) is 11.4. The first-order valence-electron chi connectivity index (χ1n) is 4.83. The third kappa shape index (κ3) is 3.47. The molecule has 0 unspecified atom stereocenters. The van der Waals surface area contributed by atoms with E-state index in [0.29, 0.717) is 17.2 Å². The van der Waals surface area contributed by atoms with Crippen molar-refractivity contribution in [3.8, 4) is 0 Å². The van der Waals surface area contributed by atoms with Gasteiger partial charge in [-0.15, -0.1) is 11.8 Å². The van der Waals surface area contributed by atoms with E-state index < -0.39 is 5.91 Å². The van der Waals surface area contributed by atoms with E-state index in [0.717, 1.165) is 10.6 Å². The summed E-state index contributed by atoms with van der Waals surface area (Å²) in [5.74, 6) is 1.19. The summed E-state index contributed by atoms with van der Waals surface area (Å²) in [6.07, 6.45) is 0. The van der Waals surface area contributed by atoms with Crippen LogP contribution in [0, 0.1) is 5.92 Å². The Morgan fingerprint density at radius 3 is 2.60 bits per heavy atom. The van der Waals surface area contributed by atoms with Gasteiger partial charge < -0.3 is 11.5 Å². The Kier molecular flexibility index (Phi) is 4.03. The van der Waals surface area contributed by atoms with E-state index in [1.807, 2.05) is 6.07 Å². The highest BCUT2D eigenvalue weighted by Gasteiger charge is 2.05. The molecule has 0 fully saturated rings. The van der Waals surface area contributed by atoms with Crippen LogP contribution in [0.15, 0.2) is 23.1 Å². The summed E-state index contributed by atoms with van der Waals surface area (Å²) in [6.45, 7) is 4.31. The van der Waals surface area contributed by atoms with Crippen molar-refractivity contribution in [2.75, 3.05) is 11.5 Å². The quantitative estimate of drug-likeness (QED) is 0.608. The summed E-state index contributed by atoms with van der Waals surface area (Å²) in [6, 6.07) is 5.19. The number of anilines is 1. The number of nitrogen functional groups attached to an aromatic ring is 1. The second-order valence-electron chi connectivity index (χ2n) is 3.82. The molecule has 0 bridgehead atoms. The highest BCUT2D eigenvalue weighted by molar-refractivity contribution is 7.99. The molecule has 15 heavy (non-hydrogen) atoms. The van der Waals surface area contributed by atoms with Crippen LogP contribution < -0.4 is 11.5 Å². The van der Waals surface area contributed by atoms with Crippen molar-refractivity contribution in [3.05, 3.63) is 23.8 Å². The Hall–Kier alpha value is -1.16. The Balaban J connectivity index is 2.79. The van der Waals surface area contributed by atoms with Crippen LogP contribution >= 0.6 is 11.8 Å². The predicted octanol–water partition coefficient (Wildman–Crippen LogP) is 2.12. The van der Waals surface area contributed by atoms with Crippen molar-refractivity contribution in [2.45, 2.75) is 18.7 Å². The molecule has 0 atom stereocenters. The fraction of sp³-hybridized carbons (Fsp3) is 0.364. The number of carbonyl (C=O) groups is 1. The SMILES string of the molecule is CC(C)CSc1ccc(C(N)=O)cc1N. The number of hydrogen-bond donors (Lipinski definition) is 2. The molecule has 82 valence electrons. The van der Waals surface area contributed by atoms with E-state index in [1.165, 1.54) is 0 Å². The summed E-state index contributed by atoms with van der Waals surface area (Å²) < 4.78 is 0. The van der Waals surface area contributed by atoms with Crippen molar-refractivity contribution < 1.29 is 4.79 Å². The molecule has 4 heteroatoms. The topological polar surface area (TPSA) is 69.1 Å². The number of nitrogens with two attached hydrogens (primary N) is 2. The van der Waals surface area contributed by atoms with E-state index in [-0.39, 0.29) is 0 Å². The number of thioether (sulfide) groups is 1. The van der Waals surface area contributed by atoms with E-state index in [9.17, 15) is 4.79 Å². The Morgan fingerprint density at radius 1 is 1.47 bits per heavy atom. The third-order valence-corrected chi connectivity index (χ3v) is 3.38. The molecule has 0 aliphatic rings. The molecular weight excluding hydrogens is 208 g/mol. The van der Waals surface area contributed by atoms with E-state index in [2.05, 4.69) is 13.8 Å². The van der Waals surface area contributed by atoms with Gasteiger partial charge >= 0.3 is 0 Å². The number of benzene rings is 1. The number of rotatable bonds is 4. The van der Waals surface area contributed by atoms with Gasteiger partial charge in [0.1, 0.15) is 0 Å². The molecule has 0 aliphatic carbocycles. The van der Waals surface area contributed by atoms with Crippen LogP contribution in [0.25, 0.3) is 0 Å². The van der Waals surface area contributed by atoms with Gasteiger partial charge in [0, 0.05) is 21.9 Å². The summed E-state index contributed by atoms with van der Waals surface area (Å²) in [7, 11) is 0. The van der Waals surface area contributed by atoms with Crippen LogP contribution in [0.1, 0.15) is 24.2 Å². The van der Waals surface area contributed by atoms with Crippen LogP contribution in [0.5, 0.6) is 0 Å². The lowest BCUT2D eigenvalue weighted by Crippen LogP contribution is -2.11. The van der Waals surface area contributed by atoms with Crippen molar-refractivity contribution in [1.82, 2.24) is 0 Å². The van der Waals surface area contributed by atoms with E-state index in [1.54, 1.807) is 23.9 Å². The Bertz CT molecular complexity index is 364. The molecule has 1 aromatic rings. The second-order valence-corrected chi connectivity index (χ2v) is 4.88. The summed E-state index contributed by atoms with van der Waals surface area (Å²) in [5, 5.41) is 0. The van der Waals surface area contributed by atoms with Crippen LogP contribution in [-0.4, -0.2) is 11.7 Å². The number of hydrogen-bond acceptors (Lipinski definition) is 3. The Morgan fingerprint density at radius 2 is 2.13 bits per heavy atom. The standard InChI is InChI=1S/C11H16N2OS/c1-7(2)6-15-10-4-3-8(11(13)14)5-9(10)12/h3-5,7H,6,12H2,1-2H3,(H2,13,14). The maximum Gasteiger partial charge on any atom is 0.248 e. The van der Waals surface area contributed by atoms with Gasteiger partial charge in [0.15, 0.2) is 0 Å². The molecule has 1 amide bonds. The van der Waals surface area contributed by atoms with Gasteiger partial charge in [-0.25, -0.2) is 0 Å². The number of carbonyl (C=O) groups excluding carboxylic acids is 1. The second kappa shape index (κ2) is 5.07. The largest absolute Gasteiger partial charge is 0.398 e. The number of amides is 1. The van der Waals surface area contributed by atoms with Gasteiger partial charge in [0.05, 0.1) is 0 Å². The van der Waals surface area contributed by atoms with Gasteiger partial charge in [0.25, 0.3) is 0 Å². The fourth-order valence-corrected chi connectivity index (χ4v) is 1.99. The highest BCUT2D eigenvalue weighted by Crippen LogP contribution is 2.27. The maximum absolute atomic E-state index is 10.9. The minimum Gasteiger partial charge on any atom is -0.398 e. The van der Waals surface area contributed by atoms with E-state index in [4.69, 9.17) is 11.5 Å². The lowest BCUT2D eigenvalue weighted by Gasteiger charge is -2.08. The predicted molar refractivity (Wildman–Crippen MR) is 64.9 cm³/mol. The van der Waals surface area contributed by atoms with Gasteiger partial charge in [-0.1, -0.05) is 13.8 Å². The monoisotopic (exact) mass is 224 g/mol. The van der Waals surface area contributed by atoms with Gasteiger partial charge in [0.2, 0.25) is 5.91 Å². The third-order valence-electron chi connectivity index (χ3n) is 1.87. The van der Waals surface area contributed by atoms with Crippen LogP contribution in [0.2, 0.25) is 0 Å². The smallest absolute Gasteiger partial charge is 0.248 e. The zero-order valence-electron chi connectivity index (χ0n) is 8.99. The molecule has 4 N–H and O–H groups in total. The van der Waals surface area contributed by atoms with Crippen molar-refractivity contribution in [2.24, 2.45) is 11.7 Å². The molecule has 0 aliphatic heterocycles. The molecule has 1 rings (SSSR count). The molecule has 0 heterocycles. The molecule has 0 spiro atoms.